The Morgan fingerprint density at radius 3 is 1.86 bits per heavy atom. The average molecular weight is 658 g/mol. The van der Waals surface area contributed by atoms with E-state index in [1.54, 1.807) is 0 Å². The molecule has 0 atom stereocenters. The van der Waals surface area contributed by atoms with Gasteiger partial charge in [-0.3, -0.25) is 0 Å². The number of aromatic nitrogens is 3. The molecule has 2 heterocycles. The van der Waals surface area contributed by atoms with Gasteiger partial charge in [-0.2, -0.15) is 0 Å². The fraction of sp³-hybridized carbons (Fsp3) is 0.128. The molecule has 0 amide bonds. The highest BCUT2D eigenvalue weighted by atomic mass is 16.3. The summed E-state index contributed by atoms with van der Waals surface area (Å²) < 4.78 is 6.28. The molecule has 9 aromatic rings. The molecule has 51 heavy (non-hydrogen) atoms. The van der Waals surface area contributed by atoms with E-state index in [0.29, 0.717) is 17.5 Å². The van der Waals surface area contributed by atoms with E-state index in [1.165, 1.54) is 38.4 Å². The molecule has 7 aromatic carbocycles. The molecule has 0 saturated carbocycles. The van der Waals surface area contributed by atoms with E-state index in [-0.39, 0.29) is 10.8 Å². The maximum absolute atomic E-state index is 6.28. The third-order valence-electron chi connectivity index (χ3n) is 11.7. The number of nitrogens with zero attached hydrogens (tertiary/aromatic N) is 3. The zero-order valence-electron chi connectivity index (χ0n) is 29.0. The standard InChI is InChI=1S/C47H35N3O/c1-46(2)36-22-12-10-19-32(36)42-37(47(46,3)4)26-25-29-27-35(30-17-8-9-18-31(30)40(29)42)45-49-43(28-15-6-5-7-16-28)48-44(50-45)34-21-14-24-39-41(34)33-20-11-13-23-38(33)51-39/h5-27H,1-4H3. The van der Waals surface area contributed by atoms with E-state index in [4.69, 9.17) is 19.4 Å². The number of hydrogen-bond donors (Lipinski definition) is 0. The van der Waals surface area contributed by atoms with Crippen molar-refractivity contribution in [3.63, 3.8) is 0 Å². The lowest BCUT2D eigenvalue weighted by atomic mass is 9.55. The predicted octanol–water partition coefficient (Wildman–Crippen LogP) is 12.3. The Kier molecular flexibility index (Phi) is 6.23. The van der Waals surface area contributed by atoms with Gasteiger partial charge in [0.15, 0.2) is 17.5 Å². The largest absolute Gasteiger partial charge is 0.456 e. The van der Waals surface area contributed by atoms with E-state index < -0.39 is 0 Å². The van der Waals surface area contributed by atoms with Crippen LogP contribution in [-0.2, 0) is 10.8 Å². The molecule has 1 aliphatic rings. The Labute approximate surface area is 296 Å². The number of para-hydroxylation sites is 1. The van der Waals surface area contributed by atoms with Crippen LogP contribution in [0.5, 0.6) is 0 Å². The Hall–Kier alpha value is -6.13. The first-order valence-corrected chi connectivity index (χ1v) is 17.6. The number of hydrogen-bond acceptors (Lipinski definition) is 4. The van der Waals surface area contributed by atoms with Gasteiger partial charge in [-0.05, 0) is 72.8 Å². The monoisotopic (exact) mass is 657 g/mol. The minimum absolute atomic E-state index is 0.0434. The van der Waals surface area contributed by atoms with Gasteiger partial charge in [0, 0.05) is 27.5 Å². The van der Waals surface area contributed by atoms with Crippen molar-refractivity contribution < 1.29 is 4.42 Å². The summed E-state index contributed by atoms with van der Waals surface area (Å²) in [5.41, 5.74) is 9.76. The van der Waals surface area contributed by atoms with Gasteiger partial charge in [0.05, 0.1) is 0 Å². The van der Waals surface area contributed by atoms with E-state index in [1.807, 2.05) is 48.5 Å². The molecular weight excluding hydrogens is 623 g/mol. The molecule has 0 saturated heterocycles. The molecule has 0 unspecified atom stereocenters. The Bertz CT molecular complexity index is 2860. The molecule has 0 aliphatic heterocycles. The quantitative estimate of drug-likeness (QED) is 0.177. The van der Waals surface area contributed by atoms with Gasteiger partial charge in [0.25, 0.3) is 0 Å². The molecule has 0 N–H and O–H groups in total. The van der Waals surface area contributed by atoms with Gasteiger partial charge >= 0.3 is 0 Å². The summed E-state index contributed by atoms with van der Waals surface area (Å²) in [6, 6.07) is 49.1. The molecule has 4 nitrogen and oxygen atoms in total. The molecule has 244 valence electrons. The van der Waals surface area contributed by atoms with Gasteiger partial charge in [-0.1, -0.05) is 149 Å². The second kappa shape index (κ2) is 10.7. The Morgan fingerprint density at radius 2 is 1.04 bits per heavy atom. The number of fused-ring (bicyclic) bond motifs is 10. The smallest absolute Gasteiger partial charge is 0.164 e. The Morgan fingerprint density at radius 1 is 0.431 bits per heavy atom. The highest BCUT2D eigenvalue weighted by molar-refractivity contribution is 6.20. The van der Waals surface area contributed by atoms with Crippen molar-refractivity contribution in [1.82, 2.24) is 15.0 Å². The maximum Gasteiger partial charge on any atom is 0.164 e. The van der Waals surface area contributed by atoms with Crippen molar-refractivity contribution in [2.75, 3.05) is 0 Å². The van der Waals surface area contributed by atoms with Gasteiger partial charge in [-0.25, -0.2) is 15.0 Å². The lowest BCUT2D eigenvalue weighted by Crippen LogP contribution is -2.43. The van der Waals surface area contributed by atoms with E-state index in [9.17, 15) is 0 Å². The second-order valence-corrected chi connectivity index (χ2v) is 14.8. The number of benzene rings is 7. The van der Waals surface area contributed by atoms with Gasteiger partial charge in [-0.15, -0.1) is 0 Å². The van der Waals surface area contributed by atoms with Crippen LogP contribution in [0.25, 0.3) is 88.8 Å². The number of rotatable bonds is 3. The highest BCUT2D eigenvalue weighted by Gasteiger charge is 2.46. The third kappa shape index (κ3) is 4.23. The van der Waals surface area contributed by atoms with E-state index in [2.05, 4.69) is 119 Å². The highest BCUT2D eigenvalue weighted by Crippen LogP contribution is 2.56. The minimum Gasteiger partial charge on any atom is -0.456 e. The summed E-state index contributed by atoms with van der Waals surface area (Å²) in [6.45, 7) is 9.56. The van der Waals surface area contributed by atoms with Crippen LogP contribution in [0.3, 0.4) is 0 Å². The zero-order valence-corrected chi connectivity index (χ0v) is 29.0. The first kappa shape index (κ1) is 29.8. The van der Waals surface area contributed by atoms with Crippen LogP contribution < -0.4 is 0 Å². The predicted molar refractivity (Wildman–Crippen MR) is 210 cm³/mol. The Balaban J connectivity index is 1.29. The van der Waals surface area contributed by atoms with Crippen LogP contribution in [0, 0.1) is 0 Å². The van der Waals surface area contributed by atoms with Crippen molar-refractivity contribution in [1.29, 1.82) is 0 Å². The summed E-state index contributed by atoms with van der Waals surface area (Å²) in [7, 11) is 0. The van der Waals surface area contributed by atoms with Crippen LogP contribution >= 0.6 is 0 Å². The molecule has 4 heteroatoms. The summed E-state index contributed by atoms with van der Waals surface area (Å²) in [5.74, 6) is 1.89. The minimum atomic E-state index is -0.0867. The third-order valence-corrected chi connectivity index (χ3v) is 11.7. The van der Waals surface area contributed by atoms with Crippen molar-refractivity contribution in [3.8, 4) is 45.3 Å². The SMILES string of the molecule is CC1(C)c2ccccc2-c2c(ccc3cc(-c4nc(-c5ccccc5)nc(-c5cccc6oc7ccccc7c56)n4)c4ccccc4c23)C1(C)C. The average Bonchev–Trinajstić information content (AvgIpc) is 3.56. The molecular formula is C47H35N3O. The molecule has 0 spiro atoms. The van der Waals surface area contributed by atoms with Crippen LogP contribution in [-0.4, -0.2) is 15.0 Å². The summed E-state index contributed by atoms with van der Waals surface area (Å²) in [5, 5.41) is 6.79. The second-order valence-electron chi connectivity index (χ2n) is 14.8. The molecule has 1 aliphatic carbocycles. The molecule has 0 fully saturated rings. The summed E-state index contributed by atoms with van der Waals surface area (Å²) in [6.07, 6.45) is 0. The van der Waals surface area contributed by atoms with E-state index in [0.717, 1.165) is 44.0 Å². The topological polar surface area (TPSA) is 51.8 Å². The fourth-order valence-corrected chi connectivity index (χ4v) is 8.40. The molecule has 2 aromatic heterocycles. The lowest BCUT2D eigenvalue weighted by molar-refractivity contribution is 0.299. The molecule has 10 rings (SSSR count). The van der Waals surface area contributed by atoms with Crippen LogP contribution in [0.4, 0.5) is 0 Å². The summed E-state index contributed by atoms with van der Waals surface area (Å²) in [4.78, 5) is 15.6. The fourth-order valence-electron chi connectivity index (χ4n) is 8.40. The van der Waals surface area contributed by atoms with Gasteiger partial charge in [0.2, 0.25) is 0 Å². The first-order chi connectivity index (χ1) is 24.8. The van der Waals surface area contributed by atoms with Crippen molar-refractivity contribution in [3.05, 3.63) is 151 Å². The van der Waals surface area contributed by atoms with Crippen LogP contribution in [0.2, 0.25) is 0 Å². The zero-order chi connectivity index (χ0) is 34.5. The summed E-state index contributed by atoms with van der Waals surface area (Å²) >= 11 is 0. The normalized spacial score (nSPS) is 14.6. The van der Waals surface area contributed by atoms with Gasteiger partial charge < -0.3 is 4.42 Å². The van der Waals surface area contributed by atoms with Crippen LogP contribution in [0.15, 0.2) is 144 Å². The number of furan rings is 1. The van der Waals surface area contributed by atoms with Crippen molar-refractivity contribution >= 4 is 43.5 Å². The maximum atomic E-state index is 6.28. The van der Waals surface area contributed by atoms with Crippen molar-refractivity contribution in [2.24, 2.45) is 0 Å². The van der Waals surface area contributed by atoms with Crippen molar-refractivity contribution in [2.45, 2.75) is 38.5 Å². The molecule has 0 bridgehead atoms. The van der Waals surface area contributed by atoms with Gasteiger partial charge in [0.1, 0.15) is 11.2 Å². The molecule has 0 radical (unpaired) electrons. The van der Waals surface area contributed by atoms with E-state index >= 15 is 0 Å². The lowest BCUT2D eigenvalue weighted by Gasteiger charge is -2.48. The van der Waals surface area contributed by atoms with Crippen LogP contribution in [0.1, 0.15) is 38.8 Å². The first-order valence-electron chi connectivity index (χ1n) is 17.6.